The van der Waals surface area contributed by atoms with E-state index in [1.807, 2.05) is 30.3 Å². The van der Waals surface area contributed by atoms with Gasteiger partial charge in [0, 0.05) is 24.6 Å². The van der Waals surface area contributed by atoms with Crippen molar-refractivity contribution in [2.24, 2.45) is 0 Å². The maximum atomic E-state index is 13.1. The Bertz CT molecular complexity index is 1980. The Morgan fingerprint density at radius 2 is 1.47 bits per heavy atom. The molecule has 0 spiro atoms. The number of phenols is 1. The minimum absolute atomic E-state index is 0.0834. The molecule has 2 amide bonds. The van der Waals surface area contributed by atoms with Gasteiger partial charge in [-0.25, -0.2) is 14.4 Å². The Kier molecular flexibility index (Phi) is 14.0. The molecule has 4 rings (SSSR count). The molecule has 0 saturated carbocycles. The van der Waals surface area contributed by atoms with Gasteiger partial charge in [0.25, 0.3) is 0 Å². The second kappa shape index (κ2) is 18.6. The van der Waals surface area contributed by atoms with Crippen molar-refractivity contribution in [2.45, 2.75) is 64.4 Å². The van der Waals surface area contributed by atoms with E-state index in [1.54, 1.807) is 57.2 Å². The first-order chi connectivity index (χ1) is 26.1. The van der Waals surface area contributed by atoms with Crippen LogP contribution in [0.2, 0.25) is 0 Å². The molecule has 4 aromatic rings. The minimum Gasteiger partial charge on any atom is -0.507 e. The number of hydrogen-bond donors (Lipinski definition) is 4. The van der Waals surface area contributed by atoms with Gasteiger partial charge in [-0.3, -0.25) is 9.59 Å². The fourth-order valence-corrected chi connectivity index (χ4v) is 5.45. The van der Waals surface area contributed by atoms with Crippen LogP contribution in [0.4, 0.5) is 4.79 Å². The van der Waals surface area contributed by atoms with Crippen LogP contribution in [0.25, 0.3) is 11.1 Å². The summed E-state index contributed by atoms with van der Waals surface area (Å²) >= 11 is 0. The van der Waals surface area contributed by atoms with Crippen LogP contribution in [0.5, 0.6) is 11.5 Å². The number of carbonyl (C=O) groups is 5. The number of alkyl carbamates (subject to hydrolysis) is 1. The topological polar surface area (TPSA) is 190 Å². The molecule has 55 heavy (non-hydrogen) atoms. The molecule has 3 atom stereocenters. The van der Waals surface area contributed by atoms with Crippen LogP contribution >= 0.6 is 0 Å². The molecule has 4 aromatic carbocycles. The molecule has 14 heteroatoms. The van der Waals surface area contributed by atoms with Crippen molar-refractivity contribution < 1.29 is 53.2 Å². The van der Waals surface area contributed by atoms with Crippen LogP contribution in [0.1, 0.15) is 60.8 Å². The molecular formula is C41H45N3O11. The SMILES string of the molecule is COC(=O)[C@H](Cc1ccc(OCc2ccccc2)c(-c2cc([C@@H](C(=O)O)N(C)OC(=O)c3ccccc3)ccc2O)c1)NC(=O)[C@H](C)NC(=O)OC(C)(C)C. The van der Waals surface area contributed by atoms with Gasteiger partial charge in [-0.05, 0) is 80.8 Å². The number of ether oxygens (including phenoxy) is 3. The van der Waals surface area contributed by atoms with E-state index in [-0.39, 0.29) is 35.5 Å². The molecule has 0 aromatic heterocycles. The lowest BCUT2D eigenvalue weighted by Gasteiger charge is -2.24. The molecule has 0 bridgehead atoms. The Hall–Kier alpha value is -6.41. The molecule has 0 saturated heterocycles. The Morgan fingerprint density at radius 3 is 2.09 bits per heavy atom. The summed E-state index contributed by atoms with van der Waals surface area (Å²) < 4.78 is 16.4. The molecule has 0 aliphatic carbocycles. The van der Waals surface area contributed by atoms with Crippen molar-refractivity contribution in [3.8, 4) is 22.6 Å². The zero-order valence-electron chi connectivity index (χ0n) is 31.4. The van der Waals surface area contributed by atoms with Gasteiger partial charge in [0.15, 0.2) is 6.04 Å². The fraction of sp³-hybridized carbons (Fsp3) is 0.293. The van der Waals surface area contributed by atoms with Gasteiger partial charge in [0.2, 0.25) is 5.91 Å². The fourth-order valence-electron chi connectivity index (χ4n) is 5.45. The molecule has 0 aliphatic rings. The van der Waals surface area contributed by atoms with Gasteiger partial charge in [0.05, 0.1) is 12.7 Å². The number of aromatic hydroxyl groups is 1. The van der Waals surface area contributed by atoms with Gasteiger partial charge in [-0.1, -0.05) is 60.7 Å². The number of rotatable bonds is 15. The van der Waals surface area contributed by atoms with Crippen molar-refractivity contribution in [1.29, 1.82) is 0 Å². The van der Waals surface area contributed by atoms with E-state index in [9.17, 15) is 34.2 Å². The summed E-state index contributed by atoms with van der Waals surface area (Å²) in [5, 5.41) is 27.4. The maximum Gasteiger partial charge on any atom is 0.408 e. The third kappa shape index (κ3) is 11.8. The van der Waals surface area contributed by atoms with Crippen LogP contribution in [0.15, 0.2) is 97.1 Å². The van der Waals surface area contributed by atoms with Crippen LogP contribution in [0.3, 0.4) is 0 Å². The quantitative estimate of drug-likeness (QED) is 0.0872. The number of phenolic OH excluding ortho intramolecular Hbond substituents is 1. The zero-order valence-corrected chi connectivity index (χ0v) is 31.4. The number of likely N-dealkylation sites (N-methyl/N-ethyl adjacent to an activating group) is 1. The molecule has 0 fully saturated rings. The van der Waals surface area contributed by atoms with E-state index in [4.69, 9.17) is 19.0 Å². The molecular weight excluding hydrogens is 710 g/mol. The zero-order chi connectivity index (χ0) is 40.3. The summed E-state index contributed by atoms with van der Waals surface area (Å²) in [4.78, 5) is 69.1. The number of methoxy groups -OCH3 is 1. The molecule has 4 N–H and O–H groups in total. The minimum atomic E-state index is -1.49. The monoisotopic (exact) mass is 755 g/mol. The van der Waals surface area contributed by atoms with Gasteiger partial charge in [-0.2, -0.15) is 0 Å². The summed E-state index contributed by atoms with van der Waals surface area (Å²) in [5.74, 6) is -3.44. The number of nitrogens with one attached hydrogen (secondary N) is 2. The van der Waals surface area contributed by atoms with Crippen molar-refractivity contribution in [3.05, 3.63) is 119 Å². The third-order valence-corrected chi connectivity index (χ3v) is 8.11. The van der Waals surface area contributed by atoms with Gasteiger partial charge >= 0.3 is 24.0 Å². The van der Waals surface area contributed by atoms with Crippen LogP contribution in [-0.2, 0) is 41.7 Å². The van der Waals surface area contributed by atoms with Crippen molar-refractivity contribution in [2.75, 3.05) is 14.2 Å². The number of hydrogen-bond acceptors (Lipinski definition) is 11. The molecule has 14 nitrogen and oxygen atoms in total. The molecule has 290 valence electrons. The van der Waals surface area contributed by atoms with E-state index in [0.29, 0.717) is 16.9 Å². The Labute approximate surface area is 318 Å². The number of hydroxylamine groups is 2. The second-order valence-corrected chi connectivity index (χ2v) is 13.6. The summed E-state index contributed by atoms with van der Waals surface area (Å²) in [6.07, 6.45) is -0.895. The predicted octanol–water partition coefficient (Wildman–Crippen LogP) is 5.58. The highest BCUT2D eigenvalue weighted by Gasteiger charge is 2.31. The first-order valence-electron chi connectivity index (χ1n) is 17.3. The van der Waals surface area contributed by atoms with E-state index in [0.717, 1.165) is 10.6 Å². The van der Waals surface area contributed by atoms with Crippen LogP contribution in [-0.4, -0.2) is 77.0 Å². The molecule has 0 aliphatic heterocycles. The summed E-state index contributed by atoms with van der Waals surface area (Å²) in [5.41, 5.74) is 1.44. The number of benzene rings is 4. The van der Waals surface area contributed by atoms with Crippen molar-refractivity contribution in [1.82, 2.24) is 15.7 Å². The highest BCUT2D eigenvalue weighted by Crippen LogP contribution is 2.39. The number of carboxylic acid groups (broad SMARTS) is 1. The Balaban J connectivity index is 1.69. The van der Waals surface area contributed by atoms with Crippen molar-refractivity contribution in [3.63, 3.8) is 0 Å². The van der Waals surface area contributed by atoms with E-state index in [2.05, 4.69) is 10.6 Å². The third-order valence-electron chi connectivity index (χ3n) is 8.11. The number of amides is 2. The second-order valence-electron chi connectivity index (χ2n) is 13.6. The van der Waals surface area contributed by atoms with Gasteiger partial charge < -0.3 is 39.9 Å². The normalized spacial score (nSPS) is 12.8. The van der Waals surface area contributed by atoms with Gasteiger partial charge in [-0.15, -0.1) is 5.06 Å². The summed E-state index contributed by atoms with van der Waals surface area (Å²) in [6.45, 7) is 6.62. The summed E-state index contributed by atoms with van der Waals surface area (Å²) in [7, 11) is 2.48. The Morgan fingerprint density at radius 1 is 0.818 bits per heavy atom. The lowest BCUT2D eigenvalue weighted by molar-refractivity contribution is -0.165. The molecule has 0 unspecified atom stereocenters. The average Bonchev–Trinajstić information content (AvgIpc) is 3.14. The number of carbonyl (C=O) groups excluding carboxylic acids is 4. The first kappa shape index (κ1) is 41.3. The number of aliphatic carboxylic acids is 1. The predicted molar refractivity (Wildman–Crippen MR) is 201 cm³/mol. The van der Waals surface area contributed by atoms with E-state index < -0.39 is 53.6 Å². The van der Waals surface area contributed by atoms with E-state index >= 15 is 0 Å². The smallest absolute Gasteiger partial charge is 0.408 e. The number of nitrogens with zero attached hydrogens (tertiary/aromatic N) is 1. The highest BCUT2D eigenvalue weighted by molar-refractivity contribution is 5.90. The largest absolute Gasteiger partial charge is 0.507 e. The van der Waals surface area contributed by atoms with Crippen LogP contribution < -0.4 is 15.4 Å². The standard InChI is InChI=1S/C41H45N3O11/c1-25(42-40(51)54-41(2,3)4)36(46)43-32(39(50)52-6)22-27-17-20-34(53-24-26-13-9-7-10-14-26)31(21-27)30-23-29(18-19-33(30)45)35(37(47)48)44(5)55-38(49)28-15-11-8-12-16-28/h7-21,23,25,32,35,45H,22,24H2,1-6H3,(H,42,51)(H,43,46)(H,47,48)/t25-,32-,35-/m0/s1. The average molecular weight is 756 g/mol. The summed E-state index contributed by atoms with van der Waals surface area (Å²) in [6, 6.07) is 22.8. The molecule has 0 heterocycles. The van der Waals surface area contributed by atoms with Gasteiger partial charge in [0.1, 0.15) is 35.8 Å². The first-order valence-corrected chi connectivity index (χ1v) is 17.3. The lowest BCUT2D eigenvalue weighted by Crippen LogP contribution is -2.52. The molecule has 0 radical (unpaired) electrons. The van der Waals surface area contributed by atoms with Crippen molar-refractivity contribution >= 4 is 29.9 Å². The lowest BCUT2D eigenvalue weighted by atomic mass is 9.94. The van der Waals surface area contributed by atoms with E-state index in [1.165, 1.54) is 51.4 Å². The number of carboxylic acids is 1. The van der Waals surface area contributed by atoms with Crippen LogP contribution in [0, 0.1) is 0 Å². The maximum absolute atomic E-state index is 13.1. The highest BCUT2D eigenvalue weighted by atomic mass is 16.7. The number of esters is 1.